The zero-order chi connectivity index (χ0) is 25.7. The quantitative estimate of drug-likeness (QED) is 0.207. The second-order valence-corrected chi connectivity index (χ2v) is 10.8. The van der Waals surface area contributed by atoms with Gasteiger partial charge >= 0.3 is 5.97 Å². The molecule has 1 aromatic heterocycles. The second-order valence-electron chi connectivity index (χ2n) is 10.1. The van der Waals surface area contributed by atoms with Crippen molar-refractivity contribution in [3.05, 3.63) is 106 Å². The van der Waals surface area contributed by atoms with Crippen LogP contribution in [0.3, 0.4) is 0 Å². The lowest BCUT2D eigenvalue weighted by Crippen LogP contribution is -2.15. The van der Waals surface area contributed by atoms with E-state index in [1.807, 2.05) is 13.0 Å². The summed E-state index contributed by atoms with van der Waals surface area (Å²) in [7, 11) is 0. The van der Waals surface area contributed by atoms with Gasteiger partial charge in [-0.3, -0.25) is 4.79 Å². The third-order valence-corrected chi connectivity index (χ3v) is 8.27. The first-order valence-corrected chi connectivity index (χ1v) is 14.2. The van der Waals surface area contributed by atoms with Gasteiger partial charge in [0.05, 0.1) is 19.1 Å². The summed E-state index contributed by atoms with van der Waals surface area (Å²) in [4.78, 5) is 12.0. The fourth-order valence-corrected chi connectivity index (χ4v) is 6.07. The Morgan fingerprint density at radius 1 is 0.919 bits per heavy atom. The molecule has 1 aliphatic carbocycles. The van der Waals surface area contributed by atoms with E-state index >= 15 is 0 Å². The molecule has 1 heterocycles. The molecule has 0 amide bonds. The van der Waals surface area contributed by atoms with Crippen LogP contribution in [-0.4, -0.2) is 17.7 Å². The van der Waals surface area contributed by atoms with E-state index in [9.17, 15) is 9.90 Å². The number of carbonyl (C=O) groups is 1. The van der Waals surface area contributed by atoms with Crippen molar-refractivity contribution in [3.63, 3.8) is 0 Å². The van der Waals surface area contributed by atoms with Gasteiger partial charge in [-0.2, -0.15) is 11.3 Å². The number of thiophene rings is 1. The summed E-state index contributed by atoms with van der Waals surface area (Å²) >= 11 is 1.64. The van der Waals surface area contributed by atoms with Gasteiger partial charge in [0.15, 0.2) is 0 Å². The molecule has 3 nitrogen and oxygen atoms in total. The van der Waals surface area contributed by atoms with Crippen LogP contribution in [0.4, 0.5) is 0 Å². The smallest absolute Gasteiger partial charge is 0.306 e. The minimum Gasteiger partial charge on any atom is -0.466 e. The molecule has 190 valence electrons. The normalized spacial score (nSPS) is 14.8. The Labute approximate surface area is 223 Å². The van der Waals surface area contributed by atoms with Crippen molar-refractivity contribution in [3.8, 4) is 22.3 Å². The number of ether oxygens (including phenoxy) is 1. The van der Waals surface area contributed by atoms with E-state index in [4.69, 9.17) is 4.74 Å². The lowest BCUT2D eigenvalue weighted by molar-refractivity contribution is -0.143. The highest BCUT2D eigenvalue weighted by molar-refractivity contribution is 7.08. The molecule has 1 saturated carbocycles. The molecule has 1 fully saturated rings. The Morgan fingerprint density at radius 3 is 2.22 bits per heavy atom. The molecule has 0 aliphatic heterocycles. The molecule has 0 spiro atoms. The maximum absolute atomic E-state index is 12.0. The Balaban J connectivity index is 1.23. The molecule has 0 bridgehead atoms. The van der Waals surface area contributed by atoms with Crippen molar-refractivity contribution < 1.29 is 14.6 Å². The molecule has 37 heavy (non-hydrogen) atoms. The molecule has 1 atom stereocenters. The van der Waals surface area contributed by atoms with E-state index < -0.39 is 6.10 Å². The van der Waals surface area contributed by atoms with Crippen molar-refractivity contribution in [1.82, 2.24) is 0 Å². The molecule has 3 aromatic carbocycles. The van der Waals surface area contributed by atoms with Gasteiger partial charge in [-0.1, -0.05) is 78.9 Å². The summed E-state index contributed by atoms with van der Waals surface area (Å²) in [6, 6.07) is 27.7. The van der Waals surface area contributed by atoms with Crippen molar-refractivity contribution >= 4 is 17.3 Å². The number of aliphatic hydroxyl groups is 1. The first-order valence-electron chi connectivity index (χ1n) is 13.2. The number of hydrogen-bond donors (Lipinski definition) is 1. The summed E-state index contributed by atoms with van der Waals surface area (Å²) in [5, 5.41) is 15.1. The van der Waals surface area contributed by atoms with Gasteiger partial charge in [-0.05, 0) is 88.7 Å². The third-order valence-electron chi connectivity index (χ3n) is 7.50. The van der Waals surface area contributed by atoms with Crippen molar-refractivity contribution in [1.29, 1.82) is 0 Å². The fraction of sp³-hybridized carbons (Fsp3) is 0.303. The zero-order valence-electron chi connectivity index (χ0n) is 21.4. The Morgan fingerprint density at radius 2 is 1.57 bits per heavy atom. The molecule has 1 unspecified atom stereocenters. The summed E-state index contributed by atoms with van der Waals surface area (Å²) in [6.07, 6.45) is 4.78. The SMILES string of the molecule is CCOC(=O)CC1(c2ccc(-c3ccc(-c4cscc4C(O)CCCc4ccccc4)cc3)cc2)CC1. The molecule has 4 heteroatoms. The van der Waals surface area contributed by atoms with E-state index in [-0.39, 0.29) is 11.4 Å². The number of esters is 1. The number of carbonyl (C=O) groups excluding carboxylic acids is 1. The number of aliphatic hydroxyl groups excluding tert-OH is 1. The van der Waals surface area contributed by atoms with Gasteiger partial charge in [-0.25, -0.2) is 0 Å². The Bertz CT molecular complexity index is 1300. The maximum atomic E-state index is 12.0. The van der Waals surface area contributed by atoms with Gasteiger partial charge in [0.1, 0.15) is 0 Å². The van der Waals surface area contributed by atoms with Crippen LogP contribution in [0, 0.1) is 0 Å². The monoisotopic (exact) mass is 510 g/mol. The largest absolute Gasteiger partial charge is 0.466 e. The predicted octanol–water partition coefficient (Wildman–Crippen LogP) is 8.12. The Kier molecular flexibility index (Phi) is 7.87. The topological polar surface area (TPSA) is 46.5 Å². The van der Waals surface area contributed by atoms with Crippen LogP contribution in [0.1, 0.15) is 61.8 Å². The van der Waals surface area contributed by atoms with Crippen LogP contribution >= 0.6 is 11.3 Å². The van der Waals surface area contributed by atoms with E-state index in [2.05, 4.69) is 83.6 Å². The fourth-order valence-electron chi connectivity index (χ4n) is 5.16. The Hall–Kier alpha value is -3.21. The van der Waals surface area contributed by atoms with Gasteiger partial charge in [0.2, 0.25) is 0 Å². The van der Waals surface area contributed by atoms with Crippen LogP contribution in [0.25, 0.3) is 22.3 Å². The lowest BCUT2D eigenvalue weighted by Gasteiger charge is -2.15. The molecular weight excluding hydrogens is 476 g/mol. The third kappa shape index (κ3) is 6.03. The van der Waals surface area contributed by atoms with Gasteiger partial charge in [0.25, 0.3) is 0 Å². The highest BCUT2D eigenvalue weighted by Gasteiger charge is 2.46. The average Bonchev–Trinajstić information content (AvgIpc) is 3.53. The molecular formula is C33H34O3S. The second kappa shape index (κ2) is 11.5. The number of hydrogen-bond acceptors (Lipinski definition) is 4. The summed E-state index contributed by atoms with van der Waals surface area (Å²) in [5.41, 5.74) is 8.09. The summed E-state index contributed by atoms with van der Waals surface area (Å²) < 4.78 is 5.18. The van der Waals surface area contributed by atoms with Crippen LogP contribution < -0.4 is 0 Å². The van der Waals surface area contributed by atoms with E-state index in [0.29, 0.717) is 13.0 Å². The first kappa shape index (κ1) is 25.4. The lowest BCUT2D eigenvalue weighted by atomic mass is 9.90. The van der Waals surface area contributed by atoms with Crippen LogP contribution in [0.2, 0.25) is 0 Å². The van der Waals surface area contributed by atoms with Gasteiger partial charge in [-0.15, -0.1) is 0 Å². The standard InChI is InChI=1S/C33H34O3S/c1-2-36-32(35)21-33(19-20-33)28-17-15-26(16-18-28)25-11-13-27(14-12-25)29-22-37-23-30(29)31(34)10-6-9-24-7-4-3-5-8-24/h3-5,7-8,11-18,22-23,31,34H,2,6,9-10,19-21H2,1H3. The van der Waals surface area contributed by atoms with Crippen LogP contribution in [-0.2, 0) is 21.4 Å². The average molecular weight is 511 g/mol. The van der Waals surface area contributed by atoms with Gasteiger partial charge < -0.3 is 9.84 Å². The highest BCUT2D eigenvalue weighted by atomic mass is 32.1. The van der Waals surface area contributed by atoms with E-state index in [1.54, 1.807) is 11.3 Å². The van der Waals surface area contributed by atoms with Crippen molar-refractivity contribution in [2.24, 2.45) is 0 Å². The predicted molar refractivity (Wildman–Crippen MR) is 152 cm³/mol. The summed E-state index contributed by atoms with van der Waals surface area (Å²) in [6.45, 7) is 2.29. The van der Waals surface area contributed by atoms with Crippen LogP contribution in [0.15, 0.2) is 89.6 Å². The number of benzene rings is 3. The molecule has 5 rings (SSSR count). The summed E-state index contributed by atoms with van der Waals surface area (Å²) in [5.74, 6) is -0.103. The minimum absolute atomic E-state index is 0.0358. The number of rotatable bonds is 11. The zero-order valence-corrected chi connectivity index (χ0v) is 22.2. The van der Waals surface area contributed by atoms with Crippen molar-refractivity contribution in [2.75, 3.05) is 6.61 Å². The highest BCUT2D eigenvalue weighted by Crippen LogP contribution is 2.51. The minimum atomic E-state index is -0.457. The van der Waals surface area contributed by atoms with E-state index in [0.717, 1.165) is 59.9 Å². The molecule has 1 aliphatic rings. The molecule has 0 saturated heterocycles. The first-order chi connectivity index (χ1) is 18.1. The molecule has 4 aromatic rings. The molecule has 1 N–H and O–H groups in total. The molecule has 0 radical (unpaired) electrons. The van der Waals surface area contributed by atoms with E-state index in [1.165, 1.54) is 11.1 Å². The van der Waals surface area contributed by atoms with Crippen molar-refractivity contribution in [2.45, 2.75) is 57.0 Å². The van der Waals surface area contributed by atoms with Crippen LogP contribution in [0.5, 0.6) is 0 Å². The van der Waals surface area contributed by atoms with Gasteiger partial charge in [0, 0.05) is 5.41 Å². The number of aryl methyl sites for hydroxylation is 1. The maximum Gasteiger partial charge on any atom is 0.306 e.